The lowest BCUT2D eigenvalue weighted by atomic mass is 9.73. The molecule has 2 bridgehead atoms. The second-order valence-corrected chi connectivity index (χ2v) is 6.37. The molecule has 0 radical (unpaired) electrons. The summed E-state index contributed by atoms with van der Waals surface area (Å²) in [6.07, 6.45) is 0.570. The van der Waals surface area contributed by atoms with Crippen molar-refractivity contribution in [3.05, 3.63) is 0 Å². The van der Waals surface area contributed by atoms with E-state index in [1.54, 1.807) is 20.8 Å². The van der Waals surface area contributed by atoms with E-state index in [1.165, 1.54) is 4.90 Å². The summed E-state index contributed by atoms with van der Waals surface area (Å²) < 4.78 is 5.29. The Balaban J connectivity index is 2.22. The van der Waals surface area contributed by atoms with Crippen LogP contribution in [-0.2, 0) is 9.53 Å². The molecule has 1 saturated carbocycles. The van der Waals surface area contributed by atoms with E-state index in [2.05, 4.69) is 0 Å². The molecule has 3 aliphatic rings. The van der Waals surface area contributed by atoms with E-state index in [1.807, 2.05) is 0 Å². The highest BCUT2D eigenvalue weighted by Gasteiger charge is 2.52. The Bertz CT molecular complexity index is 389. The van der Waals surface area contributed by atoms with Crippen molar-refractivity contribution in [3.8, 4) is 0 Å². The molecule has 0 aromatic heterocycles. The molecule has 0 aromatic carbocycles. The van der Waals surface area contributed by atoms with Gasteiger partial charge < -0.3 is 14.9 Å². The Morgan fingerprint density at radius 1 is 1.26 bits per heavy atom. The molecule has 1 aliphatic carbocycles. The van der Waals surface area contributed by atoms with Gasteiger partial charge in [-0.3, -0.25) is 4.90 Å². The van der Waals surface area contributed by atoms with Crippen LogP contribution in [0.3, 0.4) is 0 Å². The topological polar surface area (TPSA) is 87.1 Å². The maximum atomic E-state index is 12.2. The van der Waals surface area contributed by atoms with Crippen LogP contribution in [0.5, 0.6) is 0 Å². The van der Waals surface area contributed by atoms with Crippen molar-refractivity contribution >= 4 is 12.1 Å². The van der Waals surface area contributed by atoms with E-state index < -0.39 is 35.7 Å². The quantitative estimate of drug-likeness (QED) is 0.748. The van der Waals surface area contributed by atoms with Gasteiger partial charge >= 0.3 is 12.1 Å². The molecule has 108 valence electrons. The van der Waals surface area contributed by atoms with E-state index >= 15 is 0 Å². The molecule has 2 saturated heterocycles. The molecule has 1 unspecified atom stereocenters. The summed E-state index contributed by atoms with van der Waals surface area (Å²) >= 11 is 0. The van der Waals surface area contributed by atoms with Crippen LogP contribution < -0.4 is 0 Å². The predicted octanol–water partition coefficient (Wildman–Crippen LogP) is 1.22. The molecule has 0 aromatic rings. The number of carbonyl (C=O) groups excluding carboxylic acids is 1. The van der Waals surface area contributed by atoms with Gasteiger partial charge in [-0.25, -0.2) is 9.59 Å². The molecular weight excluding hydrogens is 250 g/mol. The summed E-state index contributed by atoms with van der Waals surface area (Å²) in [4.78, 5) is 24.9. The standard InChI is InChI=1S/C13H21NO5/c1-13(2,3)19-12(18)14-7-4-5-8(9(15)6-7)10(14)11(16)17/h7-10,15H,4-6H2,1-3H3,(H,16,17)/t7-,8+,9?,10+/m0/s1. The lowest BCUT2D eigenvalue weighted by Crippen LogP contribution is -2.65. The third-order valence-corrected chi connectivity index (χ3v) is 3.80. The van der Waals surface area contributed by atoms with Crippen LogP contribution in [0.4, 0.5) is 4.79 Å². The van der Waals surface area contributed by atoms with Gasteiger partial charge in [0.1, 0.15) is 11.6 Å². The fourth-order valence-corrected chi connectivity index (χ4v) is 3.08. The number of fused-ring (bicyclic) bond motifs is 3. The van der Waals surface area contributed by atoms with E-state index in [0.717, 1.165) is 6.42 Å². The molecule has 19 heavy (non-hydrogen) atoms. The molecule has 0 spiro atoms. The zero-order chi connectivity index (χ0) is 14.4. The van der Waals surface area contributed by atoms with Crippen LogP contribution in [0.1, 0.15) is 40.0 Å². The van der Waals surface area contributed by atoms with Crippen molar-refractivity contribution in [2.24, 2.45) is 5.92 Å². The number of aliphatic hydroxyl groups is 1. The van der Waals surface area contributed by atoms with Crippen molar-refractivity contribution in [3.63, 3.8) is 0 Å². The zero-order valence-electron chi connectivity index (χ0n) is 11.5. The van der Waals surface area contributed by atoms with Gasteiger partial charge in [0.2, 0.25) is 0 Å². The van der Waals surface area contributed by atoms with Gasteiger partial charge in [0.05, 0.1) is 6.10 Å². The molecule has 2 aliphatic heterocycles. The molecule has 6 heteroatoms. The number of aliphatic carboxylic acids is 1. The Morgan fingerprint density at radius 3 is 2.37 bits per heavy atom. The van der Waals surface area contributed by atoms with Crippen LogP contribution in [0, 0.1) is 5.92 Å². The van der Waals surface area contributed by atoms with Gasteiger partial charge in [0.15, 0.2) is 0 Å². The lowest BCUT2D eigenvalue weighted by Gasteiger charge is -2.51. The molecule has 3 rings (SSSR count). The molecule has 6 nitrogen and oxygen atoms in total. The highest BCUT2D eigenvalue weighted by atomic mass is 16.6. The lowest BCUT2D eigenvalue weighted by molar-refractivity contribution is -0.159. The van der Waals surface area contributed by atoms with Crippen LogP contribution in [0.15, 0.2) is 0 Å². The minimum atomic E-state index is -1.07. The number of carbonyl (C=O) groups is 2. The second kappa shape index (κ2) is 4.67. The smallest absolute Gasteiger partial charge is 0.411 e. The SMILES string of the molecule is CC(C)(C)OC(=O)N1[C@H]2CC[C@H](C(O)C2)[C@@H]1C(=O)O. The highest BCUT2D eigenvalue weighted by molar-refractivity contribution is 5.81. The Hall–Kier alpha value is -1.30. The van der Waals surface area contributed by atoms with Crippen LogP contribution in [-0.4, -0.2) is 51.0 Å². The van der Waals surface area contributed by atoms with Gasteiger partial charge in [-0.2, -0.15) is 0 Å². The number of ether oxygens (including phenoxy) is 1. The van der Waals surface area contributed by atoms with Crippen molar-refractivity contribution in [2.75, 3.05) is 0 Å². The first kappa shape index (κ1) is 14.1. The fraction of sp³-hybridized carbons (Fsp3) is 0.846. The van der Waals surface area contributed by atoms with Gasteiger partial charge in [-0.15, -0.1) is 0 Å². The summed E-state index contributed by atoms with van der Waals surface area (Å²) in [6, 6.07) is -1.21. The summed E-state index contributed by atoms with van der Waals surface area (Å²) in [7, 11) is 0. The van der Waals surface area contributed by atoms with Crippen LogP contribution in [0.25, 0.3) is 0 Å². The third-order valence-electron chi connectivity index (χ3n) is 3.80. The minimum Gasteiger partial charge on any atom is -0.480 e. The predicted molar refractivity (Wildman–Crippen MR) is 66.6 cm³/mol. The highest BCUT2D eigenvalue weighted by Crippen LogP contribution is 2.40. The van der Waals surface area contributed by atoms with E-state index in [-0.39, 0.29) is 6.04 Å². The maximum absolute atomic E-state index is 12.2. The number of amides is 1. The van der Waals surface area contributed by atoms with Gasteiger partial charge in [-0.05, 0) is 40.0 Å². The first-order valence-electron chi connectivity index (χ1n) is 6.63. The van der Waals surface area contributed by atoms with E-state index in [9.17, 15) is 19.8 Å². The largest absolute Gasteiger partial charge is 0.480 e. The van der Waals surface area contributed by atoms with Crippen LogP contribution in [0.2, 0.25) is 0 Å². The molecule has 1 amide bonds. The first-order chi connectivity index (χ1) is 8.70. The number of piperidine rings is 2. The zero-order valence-corrected chi connectivity index (χ0v) is 11.5. The Labute approximate surface area is 112 Å². The monoisotopic (exact) mass is 271 g/mol. The molecule has 3 fully saturated rings. The Morgan fingerprint density at radius 2 is 1.89 bits per heavy atom. The van der Waals surface area contributed by atoms with Crippen molar-refractivity contribution in [2.45, 2.75) is 63.8 Å². The second-order valence-electron chi connectivity index (χ2n) is 6.37. The number of hydrogen-bond acceptors (Lipinski definition) is 4. The average molecular weight is 271 g/mol. The summed E-state index contributed by atoms with van der Waals surface area (Å²) in [5.74, 6) is -1.46. The summed E-state index contributed by atoms with van der Waals surface area (Å²) in [5, 5.41) is 19.2. The molecular formula is C13H21NO5. The first-order valence-corrected chi connectivity index (χ1v) is 6.63. The van der Waals surface area contributed by atoms with Crippen molar-refractivity contribution < 1.29 is 24.5 Å². The maximum Gasteiger partial charge on any atom is 0.411 e. The number of hydrogen-bond donors (Lipinski definition) is 2. The van der Waals surface area contributed by atoms with Crippen molar-refractivity contribution in [1.82, 2.24) is 4.90 Å². The number of carboxylic acids is 1. The third kappa shape index (κ3) is 2.68. The van der Waals surface area contributed by atoms with Gasteiger partial charge in [-0.1, -0.05) is 0 Å². The van der Waals surface area contributed by atoms with Crippen LogP contribution >= 0.6 is 0 Å². The molecule has 2 N–H and O–H groups in total. The number of nitrogens with zero attached hydrogens (tertiary/aromatic N) is 1. The average Bonchev–Trinajstić information content (AvgIpc) is 2.25. The van der Waals surface area contributed by atoms with E-state index in [4.69, 9.17) is 4.74 Å². The molecule has 2 heterocycles. The Kier molecular flexibility index (Phi) is 3.47. The van der Waals surface area contributed by atoms with Gasteiger partial charge in [0, 0.05) is 12.0 Å². The van der Waals surface area contributed by atoms with Gasteiger partial charge in [0.25, 0.3) is 0 Å². The van der Waals surface area contributed by atoms with Crippen molar-refractivity contribution in [1.29, 1.82) is 0 Å². The summed E-state index contributed by atoms with van der Waals surface area (Å²) in [5.41, 5.74) is -0.657. The van der Waals surface area contributed by atoms with E-state index in [0.29, 0.717) is 12.8 Å². The molecule has 4 atom stereocenters. The minimum absolute atomic E-state index is 0.240. The normalized spacial score (nSPS) is 34.2. The number of aliphatic hydroxyl groups excluding tert-OH is 1. The summed E-state index contributed by atoms with van der Waals surface area (Å²) in [6.45, 7) is 5.24. The number of carboxylic acid groups (broad SMARTS) is 1. The number of rotatable bonds is 1. The fourth-order valence-electron chi connectivity index (χ4n) is 3.08.